The highest BCUT2D eigenvalue weighted by Gasteiger charge is 2.21. The molecule has 1 aliphatic heterocycles. The van der Waals surface area contributed by atoms with Crippen LogP contribution in [-0.2, 0) is 16.1 Å². The Morgan fingerprint density at radius 1 is 1.29 bits per heavy atom. The Morgan fingerprint density at radius 2 is 2.00 bits per heavy atom. The number of halogens is 2. The van der Waals surface area contributed by atoms with Crippen LogP contribution < -0.4 is 10.2 Å². The highest BCUT2D eigenvalue weighted by Crippen LogP contribution is 2.24. The third-order valence-corrected chi connectivity index (χ3v) is 5.28. The van der Waals surface area contributed by atoms with Crippen LogP contribution in [0.2, 0.25) is 5.02 Å². The van der Waals surface area contributed by atoms with Gasteiger partial charge in [-0.3, -0.25) is 9.69 Å². The molecule has 2 aromatic rings. The second kappa shape index (κ2) is 9.37. The fourth-order valence-electron chi connectivity index (χ4n) is 3.18. The summed E-state index contributed by atoms with van der Waals surface area (Å²) < 4.78 is 18.7. The van der Waals surface area contributed by atoms with Crippen molar-refractivity contribution in [1.29, 1.82) is 0 Å². The molecule has 1 heterocycles. The van der Waals surface area contributed by atoms with Crippen LogP contribution >= 0.6 is 11.6 Å². The van der Waals surface area contributed by atoms with E-state index in [2.05, 4.69) is 22.3 Å². The largest absolute Gasteiger partial charge is 0.378 e. The number of carbonyl (C=O) groups is 1. The van der Waals surface area contributed by atoms with Crippen LogP contribution in [0.3, 0.4) is 0 Å². The Hall–Kier alpha value is -2.15. The van der Waals surface area contributed by atoms with Crippen molar-refractivity contribution in [3.8, 4) is 0 Å². The van der Waals surface area contributed by atoms with E-state index >= 15 is 0 Å². The van der Waals surface area contributed by atoms with Crippen LogP contribution in [0, 0.1) is 5.82 Å². The summed E-state index contributed by atoms with van der Waals surface area (Å²) in [6.07, 6.45) is 0. The van der Waals surface area contributed by atoms with E-state index in [1.54, 1.807) is 0 Å². The smallest absolute Gasteiger partial charge is 0.241 e. The first-order chi connectivity index (χ1) is 13.5. The van der Waals surface area contributed by atoms with Crippen LogP contribution in [0.1, 0.15) is 12.5 Å². The minimum absolute atomic E-state index is 0.0155. The zero-order valence-corrected chi connectivity index (χ0v) is 16.9. The number of hydrogen-bond acceptors (Lipinski definition) is 4. The van der Waals surface area contributed by atoms with Gasteiger partial charge in [-0.1, -0.05) is 29.8 Å². The maximum absolute atomic E-state index is 13.3. The first-order valence-electron chi connectivity index (χ1n) is 9.32. The molecule has 0 spiro atoms. The van der Waals surface area contributed by atoms with Gasteiger partial charge in [-0.05, 0) is 43.8 Å². The number of nitrogens with one attached hydrogen (secondary N) is 1. The van der Waals surface area contributed by atoms with Crippen molar-refractivity contribution in [2.75, 3.05) is 43.6 Å². The van der Waals surface area contributed by atoms with Gasteiger partial charge in [0.25, 0.3) is 0 Å². The lowest BCUT2D eigenvalue weighted by molar-refractivity contribution is -0.120. The number of benzene rings is 2. The molecule has 3 rings (SSSR count). The standard InChI is InChI=1S/C21H25ClFN3O2/c1-15(21(27)24-17-7-8-19(23)18(22)13-17)25(2)14-16-5-3-4-6-20(16)26-9-11-28-12-10-26/h3-8,13,15H,9-12,14H2,1-2H3,(H,24,27). The van der Waals surface area contributed by atoms with E-state index in [9.17, 15) is 9.18 Å². The number of hydrogen-bond donors (Lipinski definition) is 1. The molecule has 1 N–H and O–H groups in total. The van der Waals surface area contributed by atoms with Gasteiger partial charge in [0.15, 0.2) is 0 Å². The van der Waals surface area contributed by atoms with Crippen LogP contribution in [0.4, 0.5) is 15.8 Å². The summed E-state index contributed by atoms with van der Waals surface area (Å²) in [5, 5.41) is 2.78. The van der Waals surface area contributed by atoms with Gasteiger partial charge in [0.1, 0.15) is 5.82 Å². The van der Waals surface area contributed by atoms with Crippen molar-refractivity contribution in [2.45, 2.75) is 19.5 Å². The number of anilines is 2. The van der Waals surface area contributed by atoms with Crippen molar-refractivity contribution < 1.29 is 13.9 Å². The van der Waals surface area contributed by atoms with Crippen LogP contribution in [-0.4, -0.2) is 50.2 Å². The number of likely N-dealkylation sites (N-methyl/N-ethyl adjacent to an activating group) is 1. The van der Waals surface area contributed by atoms with Gasteiger partial charge < -0.3 is 15.0 Å². The average Bonchev–Trinajstić information content (AvgIpc) is 2.71. The van der Waals surface area contributed by atoms with E-state index in [-0.39, 0.29) is 17.0 Å². The zero-order chi connectivity index (χ0) is 20.1. The SMILES string of the molecule is CC(C(=O)Nc1ccc(F)c(Cl)c1)N(C)Cc1ccccc1N1CCOCC1. The topological polar surface area (TPSA) is 44.8 Å². The lowest BCUT2D eigenvalue weighted by atomic mass is 10.1. The zero-order valence-electron chi connectivity index (χ0n) is 16.1. The third kappa shape index (κ3) is 5.01. The van der Waals surface area contributed by atoms with Gasteiger partial charge in [0, 0.05) is 31.0 Å². The van der Waals surface area contributed by atoms with Crippen molar-refractivity contribution in [1.82, 2.24) is 4.90 Å². The van der Waals surface area contributed by atoms with E-state index < -0.39 is 5.82 Å². The normalized spacial score (nSPS) is 15.5. The van der Waals surface area contributed by atoms with Gasteiger partial charge in [-0.15, -0.1) is 0 Å². The molecule has 28 heavy (non-hydrogen) atoms. The lowest BCUT2D eigenvalue weighted by Gasteiger charge is -2.32. The van der Waals surface area contributed by atoms with Crippen LogP contribution in [0.15, 0.2) is 42.5 Å². The Morgan fingerprint density at radius 3 is 2.71 bits per heavy atom. The van der Waals surface area contributed by atoms with Crippen LogP contribution in [0.5, 0.6) is 0 Å². The average molecular weight is 406 g/mol. The molecule has 7 heteroatoms. The van der Waals surface area contributed by atoms with Crippen LogP contribution in [0.25, 0.3) is 0 Å². The Labute approximate surface area is 170 Å². The summed E-state index contributed by atoms with van der Waals surface area (Å²) in [6.45, 7) is 5.65. The van der Waals surface area contributed by atoms with Crippen molar-refractivity contribution >= 4 is 28.9 Å². The molecule has 150 valence electrons. The molecule has 5 nitrogen and oxygen atoms in total. The Kier molecular flexibility index (Phi) is 6.88. The van der Waals surface area contributed by atoms with E-state index in [1.807, 2.05) is 31.0 Å². The summed E-state index contributed by atoms with van der Waals surface area (Å²) in [6, 6.07) is 12.0. The first kappa shape index (κ1) is 20.6. The highest BCUT2D eigenvalue weighted by molar-refractivity contribution is 6.31. The monoisotopic (exact) mass is 405 g/mol. The molecule has 0 aliphatic carbocycles. The summed E-state index contributed by atoms with van der Waals surface area (Å²) in [7, 11) is 1.91. The first-order valence-corrected chi connectivity index (χ1v) is 9.70. The second-order valence-electron chi connectivity index (χ2n) is 6.94. The fourth-order valence-corrected chi connectivity index (χ4v) is 3.36. The molecule has 1 saturated heterocycles. The van der Waals surface area contributed by atoms with Crippen molar-refractivity contribution in [3.63, 3.8) is 0 Å². The summed E-state index contributed by atoms with van der Waals surface area (Å²) in [5.74, 6) is -0.682. The second-order valence-corrected chi connectivity index (χ2v) is 7.34. The van der Waals surface area contributed by atoms with Gasteiger partial charge in [-0.25, -0.2) is 4.39 Å². The molecular formula is C21H25ClFN3O2. The van der Waals surface area contributed by atoms with E-state index in [4.69, 9.17) is 16.3 Å². The minimum atomic E-state index is -0.510. The molecule has 1 fully saturated rings. The molecule has 0 saturated carbocycles. The van der Waals surface area contributed by atoms with E-state index in [0.717, 1.165) is 31.9 Å². The lowest BCUT2D eigenvalue weighted by Crippen LogP contribution is -2.40. The highest BCUT2D eigenvalue weighted by atomic mass is 35.5. The maximum atomic E-state index is 13.3. The molecule has 0 radical (unpaired) electrons. The van der Waals surface area contributed by atoms with Gasteiger partial charge >= 0.3 is 0 Å². The number of carbonyl (C=O) groups excluding carboxylic acids is 1. The predicted molar refractivity (Wildman–Crippen MR) is 110 cm³/mol. The number of morpholine rings is 1. The van der Waals surface area contributed by atoms with Crippen molar-refractivity contribution in [2.24, 2.45) is 0 Å². The molecule has 0 bridgehead atoms. The number of nitrogens with zero attached hydrogens (tertiary/aromatic N) is 2. The Balaban J connectivity index is 1.66. The number of para-hydroxylation sites is 1. The number of amides is 1. The van der Waals surface area contributed by atoms with Gasteiger partial charge in [-0.2, -0.15) is 0 Å². The quantitative estimate of drug-likeness (QED) is 0.794. The summed E-state index contributed by atoms with van der Waals surface area (Å²) in [5.41, 5.74) is 2.82. The minimum Gasteiger partial charge on any atom is -0.378 e. The number of rotatable bonds is 6. The molecule has 1 aliphatic rings. The number of ether oxygens (including phenoxy) is 1. The maximum Gasteiger partial charge on any atom is 0.241 e. The van der Waals surface area contributed by atoms with E-state index in [0.29, 0.717) is 12.2 Å². The molecule has 2 aromatic carbocycles. The fraction of sp³-hybridized carbons (Fsp3) is 0.381. The third-order valence-electron chi connectivity index (χ3n) is 4.99. The van der Waals surface area contributed by atoms with Crippen molar-refractivity contribution in [3.05, 3.63) is 58.9 Å². The Bertz CT molecular complexity index is 827. The van der Waals surface area contributed by atoms with E-state index in [1.165, 1.54) is 23.9 Å². The predicted octanol–water partition coefficient (Wildman–Crippen LogP) is 3.77. The summed E-state index contributed by atoms with van der Waals surface area (Å²) in [4.78, 5) is 16.9. The molecular weight excluding hydrogens is 381 g/mol. The summed E-state index contributed by atoms with van der Waals surface area (Å²) >= 11 is 5.79. The molecule has 0 aromatic heterocycles. The van der Waals surface area contributed by atoms with Gasteiger partial charge in [0.05, 0.1) is 24.3 Å². The molecule has 1 unspecified atom stereocenters. The molecule has 1 amide bonds. The van der Waals surface area contributed by atoms with Gasteiger partial charge in [0.2, 0.25) is 5.91 Å². The molecule has 1 atom stereocenters.